The molecule has 0 saturated heterocycles. The van der Waals surface area contributed by atoms with Gasteiger partial charge in [0.25, 0.3) is 0 Å². The Kier molecular flexibility index (Phi) is 4.42. The third-order valence-electron chi connectivity index (χ3n) is 2.42. The molecule has 0 radical (unpaired) electrons. The molecule has 0 N–H and O–H groups in total. The molecule has 0 fully saturated rings. The summed E-state index contributed by atoms with van der Waals surface area (Å²) in [7, 11) is 0. The van der Waals surface area contributed by atoms with E-state index in [2.05, 4.69) is 15.9 Å². The molecule has 0 amide bonds. The summed E-state index contributed by atoms with van der Waals surface area (Å²) in [5.74, 6) is 0.167. The number of hydrogen-bond acceptors (Lipinski definition) is 3. The van der Waals surface area contributed by atoms with Gasteiger partial charge in [-0.2, -0.15) is 0 Å². The number of ketones is 1. The highest BCUT2D eigenvalue weighted by molar-refractivity contribution is 9.10. The van der Waals surface area contributed by atoms with Gasteiger partial charge in [-0.05, 0) is 45.8 Å². The molecular formula is C13H11BrOS2. The second kappa shape index (κ2) is 5.85. The zero-order chi connectivity index (χ0) is 12.3. The van der Waals surface area contributed by atoms with E-state index >= 15 is 0 Å². The number of rotatable bonds is 4. The van der Waals surface area contributed by atoms with Crippen LogP contribution in [0.25, 0.3) is 0 Å². The van der Waals surface area contributed by atoms with E-state index in [1.54, 1.807) is 23.1 Å². The molecule has 0 aliphatic rings. The Morgan fingerprint density at radius 2 is 2.00 bits per heavy atom. The first-order valence-corrected chi connectivity index (χ1v) is 7.99. The molecule has 0 unspecified atom stereocenters. The van der Waals surface area contributed by atoms with E-state index in [0.29, 0.717) is 6.42 Å². The van der Waals surface area contributed by atoms with Gasteiger partial charge in [0, 0.05) is 26.2 Å². The Bertz CT molecular complexity index is 516. The molecule has 0 aliphatic carbocycles. The predicted molar refractivity (Wildman–Crippen MR) is 78.3 cm³/mol. The Hall–Kier alpha value is -0.580. The standard InChI is InChI=1S/C13H11BrOS2/c1-16-10-4-2-9(3-5-10)12(15)8-13-11(14)6-7-17-13/h2-7H,8H2,1H3. The van der Waals surface area contributed by atoms with Crippen LogP contribution in [-0.4, -0.2) is 12.0 Å². The van der Waals surface area contributed by atoms with Crippen molar-refractivity contribution in [3.8, 4) is 0 Å². The third kappa shape index (κ3) is 3.21. The number of thiophene rings is 1. The number of hydrogen-bond donors (Lipinski definition) is 0. The summed E-state index contributed by atoms with van der Waals surface area (Å²) >= 11 is 6.73. The number of carbonyl (C=O) groups is 1. The fraction of sp³-hybridized carbons (Fsp3) is 0.154. The van der Waals surface area contributed by atoms with Crippen molar-refractivity contribution in [3.63, 3.8) is 0 Å². The van der Waals surface area contributed by atoms with Gasteiger partial charge in [0.2, 0.25) is 0 Å². The van der Waals surface area contributed by atoms with E-state index in [4.69, 9.17) is 0 Å². The van der Waals surface area contributed by atoms with Crippen LogP contribution < -0.4 is 0 Å². The van der Waals surface area contributed by atoms with Crippen molar-refractivity contribution in [1.29, 1.82) is 0 Å². The first-order valence-electron chi connectivity index (χ1n) is 5.10. The molecule has 88 valence electrons. The molecule has 1 aromatic heterocycles. The second-order valence-corrected chi connectivity index (χ2v) is 6.25. The minimum Gasteiger partial charge on any atom is -0.294 e. The zero-order valence-corrected chi connectivity index (χ0v) is 12.5. The highest BCUT2D eigenvalue weighted by Gasteiger charge is 2.10. The van der Waals surface area contributed by atoms with Gasteiger partial charge >= 0.3 is 0 Å². The Labute approximate surface area is 117 Å². The minimum absolute atomic E-state index is 0.167. The first kappa shape index (κ1) is 12.9. The average Bonchev–Trinajstić information content (AvgIpc) is 2.75. The van der Waals surface area contributed by atoms with Gasteiger partial charge in [-0.25, -0.2) is 0 Å². The van der Waals surface area contributed by atoms with Crippen molar-refractivity contribution >= 4 is 44.8 Å². The summed E-state index contributed by atoms with van der Waals surface area (Å²) in [6, 6.07) is 9.75. The van der Waals surface area contributed by atoms with E-state index in [9.17, 15) is 4.79 Å². The lowest BCUT2D eigenvalue weighted by Crippen LogP contribution is -2.02. The SMILES string of the molecule is CSc1ccc(C(=O)Cc2sccc2Br)cc1. The molecule has 2 aromatic rings. The lowest BCUT2D eigenvalue weighted by atomic mass is 10.1. The summed E-state index contributed by atoms with van der Waals surface area (Å²) < 4.78 is 1.02. The molecule has 1 aromatic carbocycles. The van der Waals surface area contributed by atoms with E-state index in [1.807, 2.05) is 42.0 Å². The van der Waals surface area contributed by atoms with Crippen molar-refractivity contribution in [2.24, 2.45) is 0 Å². The van der Waals surface area contributed by atoms with Crippen molar-refractivity contribution in [2.75, 3.05) is 6.26 Å². The number of benzene rings is 1. The molecule has 17 heavy (non-hydrogen) atoms. The largest absolute Gasteiger partial charge is 0.294 e. The number of carbonyl (C=O) groups excluding carboxylic acids is 1. The summed E-state index contributed by atoms with van der Waals surface area (Å²) in [6.45, 7) is 0. The smallest absolute Gasteiger partial charge is 0.168 e. The Morgan fingerprint density at radius 1 is 1.29 bits per heavy atom. The molecule has 2 rings (SSSR count). The monoisotopic (exact) mass is 326 g/mol. The molecule has 0 spiro atoms. The van der Waals surface area contributed by atoms with E-state index in [1.165, 1.54) is 4.90 Å². The second-order valence-electron chi connectivity index (χ2n) is 3.52. The van der Waals surface area contributed by atoms with Crippen molar-refractivity contribution < 1.29 is 4.79 Å². The average molecular weight is 327 g/mol. The molecule has 0 saturated carbocycles. The molecular weight excluding hydrogens is 316 g/mol. The van der Waals surface area contributed by atoms with Crippen LogP contribution in [0.5, 0.6) is 0 Å². The van der Waals surface area contributed by atoms with Gasteiger partial charge in [-0.15, -0.1) is 23.1 Å². The van der Waals surface area contributed by atoms with E-state index in [-0.39, 0.29) is 5.78 Å². The Balaban J connectivity index is 2.12. The van der Waals surface area contributed by atoms with Crippen LogP contribution in [0, 0.1) is 0 Å². The lowest BCUT2D eigenvalue weighted by molar-refractivity contribution is 0.0993. The lowest BCUT2D eigenvalue weighted by Gasteiger charge is -2.01. The maximum atomic E-state index is 12.0. The predicted octanol–water partition coefficient (Wildman–Crippen LogP) is 4.66. The zero-order valence-electron chi connectivity index (χ0n) is 9.27. The number of halogens is 1. The molecule has 0 bridgehead atoms. The number of Topliss-reactive ketones (excluding diaryl/α,β-unsaturated/α-hetero) is 1. The van der Waals surface area contributed by atoms with E-state index < -0.39 is 0 Å². The normalized spacial score (nSPS) is 10.5. The Morgan fingerprint density at radius 3 is 2.53 bits per heavy atom. The van der Waals surface area contributed by atoms with Gasteiger partial charge in [0.15, 0.2) is 5.78 Å². The molecule has 1 nitrogen and oxygen atoms in total. The summed E-state index contributed by atoms with van der Waals surface area (Å²) in [5.41, 5.74) is 0.781. The minimum atomic E-state index is 0.167. The first-order chi connectivity index (χ1) is 8.20. The van der Waals surface area contributed by atoms with Crippen LogP contribution in [0.3, 0.4) is 0 Å². The van der Waals surface area contributed by atoms with Gasteiger partial charge < -0.3 is 0 Å². The van der Waals surface area contributed by atoms with Gasteiger partial charge in [0.1, 0.15) is 0 Å². The topological polar surface area (TPSA) is 17.1 Å². The molecule has 0 aliphatic heterocycles. The maximum Gasteiger partial charge on any atom is 0.168 e. The van der Waals surface area contributed by atoms with Gasteiger partial charge in [-0.1, -0.05) is 12.1 Å². The summed E-state index contributed by atoms with van der Waals surface area (Å²) in [4.78, 5) is 14.3. The quantitative estimate of drug-likeness (QED) is 0.600. The van der Waals surface area contributed by atoms with Crippen LogP contribution in [0.4, 0.5) is 0 Å². The summed E-state index contributed by atoms with van der Waals surface area (Å²) in [5, 5.41) is 1.99. The fourth-order valence-corrected chi connectivity index (χ4v) is 3.38. The van der Waals surface area contributed by atoms with Crippen LogP contribution >= 0.6 is 39.0 Å². The van der Waals surface area contributed by atoms with Crippen LogP contribution in [-0.2, 0) is 6.42 Å². The van der Waals surface area contributed by atoms with Crippen molar-refractivity contribution in [2.45, 2.75) is 11.3 Å². The maximum absolute atomic E-state index is 12.0. The molecule has 4 heteroatoms. The van der Waals surface area contributed by atoms with Crippen LogP contribution in [0.2, 0.25) is 0 Å². The van der Waals surface area contributed by atoms with Crippen molar-refractivity contribution in [1.82, 2.24) is 0 Å². The number of thioether (sulfide) groups is 1. The molecule has 1 heterocycles. The molecule has 0 atom stereocenters. The van der Waals surface area contributed by atoms with Crippen LogP contribution in [0.1, 0.15) is 15.2 Å². The van der Waals surface area contributed by atoms with Crippen molar-refractivity contribution in [3.05, 3.63) is 50.6 Å². The van der Waals surface area contributed by atoms with Crippen LogP contribution in [0.15, 0.2) is 45.1 Å². The van der Waals surface area contributed by atoms with E-state index in [0.717, 1.165) is 14.9 Å². The van der Waals surface area contributed by atoms with Gasteiger partial charge in [0.05, 0.1) is 0 Å². The highest BCUT2D eigenvalue weighted by atomic mass is 79.9. The van der Waals surface area contributed by atoms with Gasteiger partial charge in [-0.3, -0.25) is 4.79 Å². The highest BCUT2D eigenvalue weighted by Crippen LogP contribution is 2.24. The third-order valence-corrected chi connectivity index (χ3v) is 5.09. The fourth-order valence-electron chi connectivity index (χ4n) is 1.48. The summed E-state index contributed by atoms with van der Waals surface area (Å²) in [6.07, 6.45) is 2.50.